The lowest BCUT2D eigenvalue weighted by Gasteiger charge is -2.15. The Hall–Kier alpha value is -1.49. The van der Waals surface area contributed by atoms with Gasteiger partial charge in [-0.2, -0.15) is 0 Å². The minimum Gasteiger partial charge on any atom is -0.342 e. The third-order valence-corrected chi connectivity index (χ3v) is 4.71. The molecule has 1 aliphatic rings. The average Bonchev–Trinajstić information content (AvgIpc) is 3.25. The van der Waals surface area contributed by atoms with E-state index in [1.165, 1.54) is 11.8 Å². The molecule has 0 N–H and O–H groups in total. The van der Waals surface area contributed by atoms with Crippen molar-refractivity contribution in [3.63, 3.8) is 0 Å². The van der Waals surface area contributed by atoms with Crippen LogP contribution in [-0.2, 0) is 11.3 Å². The zero-order chi connectivity index (χ0) is 14.1. The lowest BCUT2D eigenvalue weighted by molar-refractivity contribution is -0.127. The number of hydrogen-bond acceptors (Lipinski definition) is 3. The van der Waals surface area contributed by atoms with Crippen molar-refractivity contribution in [3.8, 4) is 0 Å². The third kappa shape index (κ3) is 2.54. The minimum atomic E-state index is 0.201. The molecule has 5 heteroatoms. The topological polar surface area (TPSA) is 38.1 Å². The molecule has 1 aromatic carbocycles. The van der Waals surface area contributed by atoms with Crippen LogP contribution >= 0.6 is 11.8 Å². The van der Waals surface area contributed by atoms with E-state index in [1.807, 2.05) is 30.1 Å². The highest BCUT2D eigenvalue weighted by molar-refractivity contribution is 7.99. The van der Waals surface area contributed by atoms with Gasteiger partial charge in [0.25, 0.3) is 0 Å². The Kier molecular flexibility index (Phi) is 3.70. The maximum Gasteiger partial charge on any atom is 0.233 e. The SMILES string of the molecule is CCn1c(SCC(=O)N(C)C2CC2)nc2ccccc21. The summed E-state index contributed by atoms with van der Waals surface area (Å²) < 4.78 is 2.17. The molecule has 0 radical (unpaired) electrons. The molecule has 1 heterocycles. The van der Waals surface area contributed by atoms with Crippen molar-refractivity contribution >= 4 is 28.7 Å². The van der Waals surface area contributed by atoms with Gasteiger partial charge in [-0.05, 0) is 31.9 Å². The fourth-order valence-corrected chi connectivity index (χ4v) is 3.37. The molecule has 1 saturated carbocycles. The summed E-state index contributed by atoms with van der Waals surface area (Å²) in [4.78, 5) is 18.6. The second-order valence-electron chi connectivity index (χ2n) is 5.15. The summed E-state index contributed by atoms with van der Waals surface area (Å²) in [6.07, 6.45) is 2.31. The van der Waals surface area contributed by atoms with E-state index >= 15 is 0 Å². The van der Waals surface area contributed by atoms with Crippen molar-refractivity contribution in [1.29, 1.82) is 0 Å². The second kappa shape index (κ2) is 5.48. The van der Waals surface area contributed by atoms with Crippen molar-refractivity contribution < 1.29 is 4.79 Å². The fourth-order valence-electron chi connectivity index (χ4n) is 2.36. The molecular formula is C15H19N3OS. The zero-order valence-corrected chi connectivity index (χ0v) is 12.7. The molecule has 0 spiro atoms. The monoisotopic (exact) mass is 289 g/mol. The van der Waals surface area contributed by atoms with E-state index in [1.54, 1.807) is 0 Å². The maximum atomic E-state index is 12.1. The quantitative estimate of drug-likeness (QED) is 0.794. The number of hydrogen-bond donors (Lipinski definition) is 0. The van der Waals surface area contributed by atoms with E-state index in [-0.39, 0.29) is 5.91 Å². The van der Waals surface area contributed by atoms with E-state index in [9.17, 15) is 4.79 Å². The highest BCUT2D eigenvalue weighted by atomic mass is 32.2. The first-order chi connectivity index (χ1) is 9.70. The molecule has 0 unspecified atom stereocenters. The first kappa shape index (κ1) is 13.5. The number of para-hydroxylation sites is 2. The van der Waals surface area contributed by atoms with Crippen LogP contribution in [0.25, 0.3) is 11.0 Å². The van der Waals surface area contributed by atoms with Gasteiger partial charge in [0.2, 0.25) is 5.91 Å². The molecule has 3 rings (SSSR count). The molecule has 20 heavy (non-hydrogen) atoms. The van der Waals surface area contributed by atoms with E-state index < -0.39 is 0 Å². The summed E-state index contributed by atoms with van der Waals surface area (Å²) in [5, 5.41) is 0.936. The highest BCUT2D eigenvalue weighted by Gasteiger charge is 2.29. The van der Waals surface area contributed by atoms with Gasteiger partial charge in [0.05, 0.1) is 16.8 Å². The van der Waals surface area contributed by atoms with Gasteiger partial charge in [-0.1, -0.05) is 23.9 Å². The van der Waals surface area contributed by atoms with Crippen LogP contribution in [-0.4, -0.2) is 39.2 Å². The number of aryl methyl sites for hydroxylation is 1. The average molecular weight is 289 g/mol. The Morgan fingerprint density at radius 3 is 2.90 bits per heavy atom. The standard InChI is InChI=1S/C15H19N3OS/c1-3-18-13-7-5-4-6-12(13)16-15(18)20-10-14(19)17(2)11-8-9-11/h4-7,11H,3,8-10H2,1-2H3. The van der Waals surface area contributed by atoms with Crippen LogP contribution in [0.2, 0.25) is 0 Å². The van der Waals surface area contributed by atoms with Crippen LogP contribution in [0.1, 0.15) is 19.8 Å². The molecule has 1 amide bonds. The van der Waals surface area contributed by atoms with Crippen molar-refractivity contribution in [1.82, 2.24) is 14.5 Å². The highest BCUT2D eigenvalue weighted by Crippen LogP contribution is 2.28. The summed E-state index contributed by atoms with van der Waals surface area (Å²) in [5.74, 6) is 0.670. The summed E-state index contributed by atoms with van der Waals surface area (Å²) in [7, 11) is 1.91. The van der Waals surface area contributed by atoms with Crippen molar-refractivity contribution in [2.24, 2.45) is 0 Å². The number of fused-ring (bicyclic) bond motifs is 1. The van der Waals surface area contributed by atoms with Gasteiger partial charge in [0.1, 0.15) is 0 Å². The maximum absolute atomic E-state index is 12.1. The van der Waals surface area contributed by atoms with E-state index in [4.69, 9.17) is 0 Å². The molecule has 0 aliphatic heterocycles. The van der Waals surface area contributed by atoms with Crippen LogP contribution in [0.4, 0.5) is 0 Å². The summed E-state index contributed by atoms with van der Waals surface area (Å²) in [6, 6.07) is 8.59. The van der Waals surface area contributed by atoms with Gasteiger partial charge in [0.15, 0.2) is 5.16 Å². The first-order valence-electron chi connectivity index (χ1n) is 7.04. The van der Waals surface area contributed by atoms with Crippen molar-refractivity contribution in [2.75, 3.05) is 12.8 Å². The normalized spacial score (nSPS) is 14.7. The molecule has 0 saturated heterocycles. The third-order valence-electron chi connectivity index (χ3n) is 3.75. The molecule has 4 nitrogen and oxygen atoms in total. The molecule has 1 aromatic heterocycles. The first-order valence-corrected chi connectivity index (χ1v) is 8.03. The Morgan fingerprint density at radius 1 is 1.45 bits per heavy atom. The van der Waals surface area contributed by atoms with Crippen LogP contribution in [0.15, 0.2) is 29.4 Å². The molecular weight excluding hydrogens is 270 g/mol. The number of thioether (sulfide) groups is 1. The molecule has 0 bridgehead atoms. The van der Waals surface area contributed by atoms with Gasteiger partial charge in [-0.15, -0.1) is 0 Å². The zero-order valence-electron chi connectivity index (χ0n) is 11.9. The lowest BCUT2D eigenvalue weighted by Crippen LogP contribution is -2.30. The van der Waals surface area contributed by atoms with Crippen LogP contribution < -0.4 is 0 Å². The van der Waals surface area contributed by atoms with E-state index in [0.717, 1.165) is 35.6 Å². The van der Waals surface area contributed by atoms with Gasteiger partial charge in [-0.25, -0.2) is 4.98 Å². The van der Waals surface area contributed by atoms with Crippen molar-refractivity contribution in [3.05, 3.63) is 24.3 Å². The van der Waals surface area contributed by atoms with Crippen LogP contribution in [0.5, 0.6) is 0 Å². The van der Waals surface area contributed by atoms with Gasteiger partial charge >= 0.3 is 0 Å². The van der Waals surface area contributed by atoms with Gasteiger partial charge < -0.3 is 9.47 Å². The van der Waals surface area contributed by atoms with Gasteiger partial charge in [-0.3, -0.25) is 4.79 Å². The van der Waals surface area contributed by atoms with Crippen LogP contribution in [0.3, 0.4) is 0 Å². The van der Waals surface area contributed by atoms with Crippen molar-refractivity contribution in [2.45, 2.75) is 37.5 Å². The van der Waals surface area contributed by atoms with Gasteiger partial charge in [0, 0.05) is 19.6 Å². The summed E-state index contributed by atoms with van der Waals surface area (Å²) in [6.45, 7) is 2.98. The predicted molar refractivity (Wildman–Crippen MR) is 81.9 cm³/mol. The Morgan fingerprint density at radius 2 is 2.20 bits per heavy atom. The molecule has 1 fully saturated rings. The Labute approximate surface area is 123 Å². The smallest absolute Gasteiger partial charge is 0.233 e. The fraction of sp³-hybridized carbons (Fsp3) is 0.467. The number of amides is 1. The van der Waals surface area contributed by atoms with Crippen LogP contribution in [0, 0.1) is 0 Å². The lowest BCUT2D eigenvalue weighted by atomic mass is 10.3. The minimum absolute atomic E-state index is 0.201. The molecule has 106 valence electrons. The largest absolute Gasteiger partial charge is 0.342 e. The Bertz CT molecular complexity index is 633. The molecule has 0 atom stereocenters. The number of nitrogens with zero attached hydrogens (tertiary/aromatic N) is 3. The molecule has 1 aliphatic carbocycles. The Balaban J connectivity index is 1.75. The summed E-state index contributed by atoms with van der Waals surface area (Å²) >= 11 is 1.54. The predicted octanol–water partition coefficient (Wildman–Crippen LogP) is 2.77. The molecule has 2 aromatic rings. The van der Waals surface area contributed by atoms with E-state index in [0.29, 0.717) is 11.8 Å². The summed E-state index contributed by atoms with van der Waals surface area (Å²) in [5.41, 5.74) is 2.14. The van der Waals surface area contributed by atoms with E-state index in [2.05, 4.69) is 22.5 Å². The number of aromatic nitrogens is 2. The number of rotatable bonds is 5. The number of carbonyl (C=O) groups is 1. The number of carbonyl (C=O) groups excluding carboxylic acids is 1. The second-order valence-corrected chi connectivity index (χ2v) is 6.09. The number of imidazole rings is 1. The number of benzene rings is 1.